The van der Waals surface area contributed by atoms with Crippen molar-refractivity contribution in [2.45, 2.75) is 6.92 Å². The van der Waals surface area contributed by atoms with E-state index in [1.807, 2.05) is 0 Å². The van der Waals surface area contributed by atoms with Crippen molar-refractivity contribution in [3.63, 3.8) is 0 Å². The number of rotatable bonds is 1. The molecule has 2 aromatic heterocycles. The van der Waals surface area contributed by atoms with Gasteiger partial charge in [-0.2, -0.15) is 9.50 Å². The minimum absolute atomic E-state index is 0.128. The quantitative estimate of drug-likeness (QED) is 0.718. The Morgan fingerprint density at radius 2 is 2.00 bits per heavy atom. The Balaban J connectivity index is 2.29. The fraction of sp³-hybridized carbons (Fsp3) is 0.0833. The second-order valence-electron chi connectivity index (χ2n) is 4.19. The first-order chi connectivity index (χ1) is 9.45. The Labute approximate surface area is 123 Å². The molecule has 2 N–H and O–H groups in total. The van der Waals surface area contributed by atoms with Gasteiger partial charge < -0.3 is 10.1 Å². The van der Waals surface area contributed by atoms with Crippen LogP contribution in [0.25, 0.3) is 12.4 Å². The molecule has 102 valence electrons. The van der Waals surface area contributed by atoms with Gasteiger partial charge in [0, 0.05) is 0 Å². The van der Waals surface area contributed by atoms with Crippen LogP contribution >= 0.6 is 23.2 Å². The lowest BCUT2D eigenvalue weighted by Gasteiger charge is -2.00. The number of aromatic nitrogens is 4. The van der Waals surface area contributed by atoms with Gasteiger partial charge in [0.15, 0.2) is 11.2 Å². The number of hydrogen-bond acceptors (Lipinski definition) is 4. The van der Waals surface area contributed by atoms with E-state index >= 15 is 0 Å². The number of H-pyrrole nitrogens is 1. The number of aromatic hydroxyl groups is 1. The molecule has 0 saturated carbocycles. The van der Waals surface area contributed by atoms with E-state index in [1.54, 1.807) is 11.4 Å². The summed E-state index contributed by atoms with van der Waals surface area (Å²) in [6.07, 6.45) is 0. The number of benzene rings is 1. The first-order valence-electron chi connectivity index (χ1n) is 5.63. The van der Waals surface area contributed by atoms with Crippen LogP contribution < -0.4 is 10.8 Å². The Bertz CT molecular complexity index is 904. The molecule has 0 bridgehead atoms. The van der Waals surface area contributed by atoms with Gasteiger partial charge in [0.05, 0.1) is 21.1 Å². The summed E-state index contributed by atoms with van der Waals surface area (Å²) in [5.41, 5.74) is 0.982. The molecule has 3 aromatic rings. The summed E-state index contributed by atoms with van der Waals surface area (Å²) < 4.78 is 1.55. The standard InChI is InChI=1S/C12H9Cl2N5O/c1-5-11(19-12(15-5)16-6(2)18-19)17-7-3-8(13)10(20)9(14)4-7/h3-4,20H,1H2,2H3,(H,15,16,18). The number of nitrogens with one attached hydrogen (secondary N) is 1. The summed E-state index contributed by atoms with van der Waals surface area (Å²) in [7, 11) is 0. The maximum absolute atomic E-state index is 9.53. The van der Waals surface area contributed by atoms with Gasteiger partial charge in [-0.25, -0.2) is 4.99 Å². The van der Waals surface area contributed by atoms with Crippen molar-refractivity contribution in [2.24, 2.45) is 4.99 Å². The molecule has 0 fully saturated rings. The van der Waals surface area contributed by atoms with Crippen molar-refractivity contribution in [3.8, 4) is 5.75 Å². The molecule has 0 aliphatic rings. The molecule has 0 unspecified atom stereocenters. The van der Waals surface area contributed by atoms with Crippen LogP contribution in [0.2, 0.25) is 10.0 Å². The molecule has 2 heterocycles. The third kappa shape index (κ3) is 2.03. The van der Waals surface area contributed by atoms with E-state index in [-0.39, 0.29) is 15.8 Å². The zero-order valence-corrected chi connectivity index (χ0v) is 11.9. The number of halogens is 2. The Hall–Kier alpha value is -2.05. The van der Waals surface area contributed by atoms with Gasteiger partial charge in [0.1, 0.15) is 5.82 Å². The minimum Gasteiger partial charge on any atom is -0.505 e. The van der Waals surface area contributed by atoms with E-state index in [9.17, 15) is 5.11 Å². The van der Waals surface area contributed by atoms with E-state index in [0.29, 0.717) is 28.1 Å². The number of aromatic amines is 1. The number of fused-ring (bicyclic) bond motifs is 1. The summed E-state index contributed by atoms with van der Waals surface area (Å²) in [5.74, 6) is 1.01. The maximum Gasteiger partial charge on any atom is 0.232 e. The van der Waals surface area contributed by atoms with Crippen molar-refractivity contribution >= 4 is 41.2 Å². The lowest BCUT2D eigenvalue weighted by Crippen LogP contribution is -2.26. The summed E-state index contributed by atoms with van der Waals surface area (Å²) in [6.45, 7) is 5.63. The van der Waals surface area contributed by atoms with Gasteiger partial charge in [-0.3, -0.25) is 0 Å². The van der Waals surface area contributed by atoms with Crippen LogP contribution in [-0.4, -0.2) is 24.7 Å². The van der Waals surface area contributed by atoms with E-state index in [4.69, 9.17) is 23.2 Å². The summed E-state index contributed by atoms with van der Waals surface area (Å²) in [5, 5.41) is 14.6. The predicted octanol–water partition coefficient (Wildman–Crippen LogP) is 1.74. The van der Waals surface area contributed by atoms with Crippen LogP contribution in [0.5, 0.6) is 5.75 Å². The van der Waals surface area contributed by atoms with E-state index in [2.05, 4.69) is 26.6 Å². The van der Waals surface area contributed by atoms with Crippen LogP contribution in [0.1, 0.15) is 5.82 Å². The van der Waals surface area contributed by atoms with Gasteiger partial charge in [-0.1, -0.05) is 29.8 Å². The Kier molecular flexibility index (Phi) is 2.92. The minimum atomic E-state index is -0.169. The first-order valence-corrected chi connectivity index (χ1v) is 6.38. The second-order valence-corrected chi connectivity index (χ2v) is 5.01. The largest absolute Gasteiger partial charge is 0.505 e. The molecule has 0 aliphatic carbocycles. The first kappa shape index (κ1) is 13.0. The molecule has 0 saturated heterocycles. The predicted molar refractivity (Wildman–Crippen MR) is 76.2 cm³/mol. The van der Waals surface area contributed by atoms with Gasteiger partial charge >= 0.3 is 0 Å². The van der Waals surface area contributed by atoms with Crippen LogP contribution in [0, 0.1) is 6.92 Å². The molecule has 0 aliphatic heterocycles. The third-order valence-electron chi connectivity index (χ3n) is 2.68. The third-order valence-corrected chi connectivity index (χ3v) is 3.26. The number of nitrogens with zero attached hydrogens (tertiary/aromatic N) is 4. The normalized spacial score (nSPS) is 12.4. The van der Waals surface area contributed by atoms with E-state index < -0.39 is 0 Å². The molecule has 0 spiro atoms. The van der Waals surface area contributed by atoms with Crippen molar-refractivity contribution in [2.75, 3.05) is 0 Å². The number of phenolic OH excluding ortho intramolecular Hbond substituents is 1. The number of imidazole rings is 1. The molecule has 20 heavy (non-hydrogen) atoms. The maximum atomic E-state index is 9.53. The fourth-order valence-corrected chi connectivity index (χ4v) is 2.29. The smallest absolute Gasteiger partial charge is 0.232 e. The highest BCUT2D eigenvalue weighted by Gasteiger charge is 2.08. The van der Waals surface area contributed by atoms with E-state index in [1.165, 1.54) is 12.1 Å². The van der Waals surface area contributed by atoms with E-state index in [0.717, 1.165) is 0 Å². The molecular formula is C12H9Cl2N5O. The van der Waals surface area contributed by atoms with Crippen LogP contribution in [0.15, 0.2) is 17.1 Å². The zero-order chi connectivity index (χ0) is 14.4. The zero-order valence-electron chi connectivity index (χ0n) is 10.4. The average Bonchev–Trinajstić information content (AvgIpc) is 2.84. The molecule has 0 amide bonds. The lowest BCUT2D eigenvalue weighted by molar-refractivity contribution is 0.476. The molecule has 6 nitrogen and oxygen atoms in total. The molecule has 1 aromatic carbocycles. The van der Waals surface area contributed by atoms with Crippen LogP contribution in [0.4, 0.5) is 5.69 Å². The number of phenols is 1. The fourth-order valence-electron chi connectivity index (χ4n) is 1.82. The van der Waals surface area contributed by atoms with Gasteiger partial charge in [0.2, 0.25) is 5.78 Å². The SMILES string of the molecule is C=c1[nH]c2nc(C)nn2c1=Nc1cc(Cl)c(O)c(Cl)c1. The highest BCUT2D eigenvalue weighted by molar-refractivity contribution is 6.37. The van der Waals surface area contributed by atoms with Gasteiger partial charge in [-0.05, 0) is 19.1 Å². The lowest BCUT2D eigenvalue weighted by atomic mass is 10.3. The monoisotopic (exact) mass is 309 g/mol. The Morgan fingerprint density at radius 3 is 2.65 bits per heavy atom. The topological polar surface area (TPSA) is 78.6 Å². The van der Waals surface area contributed by atoms with Crippen molar-refractivity contribution < 1.29 is 5.11 Å². The summed E-state index contributed by atoms with van der Waals surface area (Å²) >= 11 is 11.7. The summed E-state index contributed by atoms with van der Waals surface area (Å²) in [6, 6.07) is 3.01. The molecule has 3 rings (SSSR count). The molecule has 8 heteroatoms. The van der Waals surface area contributed by atoms with Gasteiger partial charge in [0.25, 0.3) is 0 Å². The van der Waals surface area contributed by atoms with Crippen molar-refractivity contribution in [1.82, 2.24) is 19.6 Å². The second kappa shape index (κ2) is 4.50. The van der Waals surface area contributed by atoms with Crippen molar-refractivity contribution in [1.29, 1.82) is 0 Å². The highest BCUT2D eigenvalue weighted by Crippen LogP contribution is 2.35. The van der Waals surface area contributed by atoms with Crippen LogP contribution in [-0.2, 0) is 0 Å². The number of aryl methyl sites for hydroxylation is 1. The molecule has 0 radical (unpaired) electrons. The van der Waals surface area contributed by atoms with Crippen LogP contribution in [0.3, 0.4) is 0 Å². The number of hydrogen-bond donors (Lipinski definition) is 2. The van der Waals surface area contributed by atoms with Gasteiger partial charge in [-0.15, -0.1) is 5.10 Å². The highest BCUT2D eigenvalue weighted by atomic mass is 35.5. The average molecular weight is 310 g/mol. The van der Waals surface area contributed by atoms with Crippen molar-refractivity contribution in [3.05, 3.63) is 38.8 Å². The molecule has 0 atom stereocenters. The summed E-state index contributed by atoms with van der Waals surface area (Å²) in [4.78, 5) is 11.6. The Morgan fingerprint density at radius 1 is 1.35 bits per heavy atom. The molecular weight excluding hydrogens is 301 g/mol.